The minimum absolute atomic E-state index is 0.0478. The van der Waals surface area contributed by atoms with Gasteiger partial charge in [-0.25, -0.2) is 8.42 Å². The number of methoxy groups -OCH3 is 2. The molecule has 0 N–H and O–H groups in total. The van der Waals surface area contributed by atoms with Gasteiger partial charge in [0.2, 0.25) is 0 Å². The van der Waals surface area contributed by atoms with Gasteiger partial charge in [0.15, 0.2) is 11.5 Å². The Morgan fingerprint density at radius 3 is 2.14 bits per heavy atom. The molecule has 0 aromatic heterocycles. The monoisotopic (exact) mass is 423 g/mol. The van der Waals surface area contributed by atoms with Gasteiger partial charge in [-0.3, -0.25) is 9.10 Å². The quantitative estimate of drug-likeness (QED) is 0.543. The molecule has 0 aliphatic carbocycles. The number of carbonyl (C=O) groups excluding carboxylic acids is 1. The Labute approximate surface area is 171 Å². The van der Waals surface area contributed by atoms with Crippen LogP contribution in [-0.4, -0.2) is 48.4 Å². The summed E-state index contributed by atoms with van der Waals surface area (Å²) in [6, 6.07) is 10.7. The Bertz CT molecular complexity index is 926. The molecule has 2 aromatic rings. The van der Waals surface area contributed by atoms with Gasteiger partial charge < -0.3 is 18.9 Å². The maximum Gasteiger partial charge on any atom is 0.326 e. The summed E-state index contributed by atoms with van der Waals surface area (Å²) >= 11 is 0. The fourth-order valence-corrected chi connectivity index (χ4v) is 4.04. The Kier molecular flexibility index (Phi) is 7.72. The largest absolute Gasteiger partial charge is 0.494 e. The van der Waals surface area contributed by atoms with Crippen molar-refractivity contribution in [1.29, 1.82) is 0 Å². The molecular formula is C20H25NO7S. The summed E-state index contributed by atoms with van der Waals surface area (Å²) < 4.78 is 48.4. The summed E-state index contributed by atoms with van der Waals surface area (Å²) in [7, 11) is -1.22. The van der Waals surface area contributed by atoms with Crippen LogP contribution in [0.5, 0.6) is 17.2 Å². The van der Waals surface area contributed by atoms with E-state index in [1.165, 1.54) is 32.4 Å². The molecule has 2 rings (SSSR count). The first-order valence-electron chi connectivity index (χ1n) is 9.00. The molecule has 0 saturated carbocycles. The van der Waals surface area contributed by atoms with E-state index >= 15 is 0 Å². The van der Waals surface area contributed by atoms with Gasteiger partial charge in [0.1, 0.15) is 12.3 Å². The highest BCUT2D eigenvalue weighted by Gasteiger charge is 2.29. The van der Waals surface area contributed by atoms with Gasteiger partial charge in [0, 0.05) is 6.07 Å². The first-order chi connectivity index (χ1) is 13.9. The number of hydrogen-bond acceptors (Lipinski definition) is 7. The number of benzene rings is 2. The average molecular weight is 423 g/mol. The number of rotatable bonds is 10. The lowest BCUT2D eigenvalue weighted by molar-refractivity contribution is -0.141. The molecule has 0 radical (unpaired) electrons. The predicted octanol–water partition coefficient (Wildman–Crippen LogP) is 2.86. The minimum atomic E-state index is -4.09. The fraction of sp³-hybridized carbons (Fsp3) is 0.350. The Balaban J connectivity index is 2.49. The third kappa shape index (κ3) is 5.32. The molecule has 0 unspecified atom stereocenters. The Morgan fingerprint density at radius 1 is 0.931 bits per heavy atom. The molecule has 158 valence electrons. The average Bonchev–Trinajstić information content (AvgIpc) is 2.72. The van der Waals surface area contributed by atoms with Crippen LogP contribution in [-0.2, 0) is 19.6 Å². The van der Waals surface area contributed by atoms with Gasteiger partial charge in [-0.1, -0.05) is 0 Å². The summed E-state index contributed by atoms with van der Waals surface area (Å²) in [6.07, 6.45) is 0. The number of carbonyl (C=O) groups is 1. The number of anilines is 1. The molecule has 0 bridgehead atoms. The van der Waals surface area contributed by atoms with Crippen molar-refractivity contribution in [2.75, 3.05) is 38.3 Å². The number of sulfonamides is 1. The third-order valence-electron chi connectivity index (χ3n) is 3.96. The molecular weight excluding hydrogens is 398 g/mol. The van der Waals surface area contributed by atoms with E-state index in [1.54, 1.807) is 31.2 Å². The summed E-state index contributed by atoms with van der Waals surface area (Å²) in [5.41, 5.74) is 0.302. The highest BCUT2D eigenvalue weighted by molar-refractivity contribution is 7.92. The van der Waals surface area contributed by atoms with Crippen LogP contribution in [0, 0.1) is 0 Å². The number of esters is 1. The first kappa shape index (κ1) is 22.4. The molecule has 0 fully saturated rings. The highest BCUT2D eigenvalue weighted by atomic mass is 32.2. The zero-order valence-electron chi connectivity index (χ0n) is 16.9. The van der Waals surface area contributed by atoms with E-state index in [1.807, 2.05) is 6.92 Å². The lowest BCUT2D eigenvalue weighted by Gasteiger charge is -2.24. The normalized spacial score (nSPS) is 10.9. The van der Waals surface area contributed by atoms with E-state index in [9.17, 15) is 13.2 Å². The molecule has 0 aliphatic rings. The van der Waals surface area contributed by atoms with E-state index in [4.69, 9.17) is 18.9 Å². The first-order valence-corrected chi connectivity index (χ1v) is 10.4. The molecule has 0 spiro atoms. The second-order valence-corrected chi connectivity index (χ2v) is 7.62. The standard InChI is InChI=1S/C20H25NO7S/c1-5-27-16-9-7-15(8-10-16)21(14-20(22)28-6-2)29(23,24)17-11-12-18(25-3)19(13-17)26-4/h7-13H,5-6,14H2,1-4H3. The van der Waals surface area contributed by atoms with Crippen molar-refractivity contribution in [3.05, 3.63) is 42.5 Å². The van der Waals surface area contributed by atoms with Crippen LogP contribution in [0.25, 0.3) is 0 Å². The third-order valence-corrected chi connectivity index (χ3v) is 5.73. The van der Waals surface area contributed by atoms with E-state index in [2.05, 4.69) is 0 Å². The van der Waals surface area contributed by atoms with Crippen LogP contribution in [0.3, 0.4) is 0 Å². The summed E-state index contributed by atoms with van der Waals surface area (Å²) in [4.78, 5) is 12.1. The molecule has 0 atom stereocenters. The van der Waals surface area contributed by atoms with Crippen molar-refractivity contribution in [2.45, 2.75) is 18.7 Å². The van der Waals surface area contributed by atoms with E-state index in [-0.39, 0.29) is 17.3 Å². The molecule has 0 saturated heterocycles. The minimum Gasteiger partial charge on any atom is -0.494 e. The van der Waals surface area contributed by atoms with Crippen LogP contribution >= 0.6 is 0 Å². The van der Waals surface area contributed by atoms with Gasteiger partial charge >= 0.3 is 5.97 Å². The van der Waals surface area contributed by atoms with E-state index in [0.29, 0.717) is 23.8 Å². The fourth-order valence-electron chi connectivity index (χ4n) is 2.62. The molecule has 0 amide bonds. The van der Waals surface area contributed by atoms with Crippen molar-refractivity contribution in [2.24, 2.45) is 0 Å². The van der Waals surface area contributed by atoms with Crippen LogP contribution in [0.2, 0.25) is 0 Å². The summed E-state index contributed by atoms with van der Waals surface area (Å²) in [5, 5.41) is 0. The lowest BCUT2D eigenvalue weighted by Crippen LogP contribution is -2.36. The number of ether oxygens (including phenoxy) is 4. The summed E-state index contributed by atoms with van der Waals surface area (Å²) in [5.74, 6) is 0.585. The lowest BCUT2D eigenvalue weighted by atomic mass is 10.3. The SMILES string of the molecule is CCOC(=O)CN(c1ccc(OCC)cc1)S(=O)(=O)c1ccc(OC)c(OC)c1. The van der Waals surface area contributed by atoms with Crippen LogP contribution in [0.1, 0.15) is 13.8 Å². The highest BCUT2D eigenvalue weighted by Crippen LogP contribution is 2.32. The summed E-state index contributed by atoms with van der Waals surface area (Å²) in [6.45, 7) is 3.66. The van der Waals surface area contributed by atoms with Crippen molar-refractivity contribution in [1.82, 2.24) is 0 Å². The second-order valence-electron chi connectivity index (χ2n) is 5.76. The topological polar surface area (TPSA) is 91.4 Å². The molecule has 29 heavy (non-hydrogen) atoms. The van der Waals surface area contributed by atoms with Crippen molar-refractivity contribution in [3.63, 3.8) is 0 Å². The van der Waals surface area contributed by atoms with Gasteiger partial charge in [-0.15, -0.1) is 0 Å². The van der Waals surface area contributed by atoms with Crippen molar-refractivity contribution in [3.8, 4) is 17.2 Å². The zero-order chi connectivity index (χ0) is 21.4. The van der Waals surface area contributed by atoms with Gasteiger partial charge in [-0.2, -0.15) is 0 Å². The Hall–Kier alpha value is -2.94. The van der Waals surface area contributed by atoms with E-state index in [0.717, 1.165) is 4.31 Å². The molecule has 9 heteroatoms. The maximum absolute atomic E-state index is 13.3. The van der Waals surface area contributed by atoms with Crippen molar-refractivity contribution >= 4 is 21.7 Å². The van der Waals surface area contributed by atoms with Gasteiger partial charge in [0.25, 0.3) is 10.0 Å². The number of nitrogens with zero attached hydrogens (tertiary/aromatic N) is 1. The van der Waals surface area contributed by atoms with Gasteiger partial charge in [0.05, 0.1) is 38.0 Å². The van der Waals surface area contributed by atoms with Crippen LogP contribution in [0.15, 0.2) is 47.4 Å². The predicted molar refractivity (Wildman–Crippen MR) is 108 cm³/mol. The smallest absolute Gasteiger partial charge is 0.326 e. The van der Waals surface area contributed by atoms with Crippen LogP contribution in [0.4, 0.5) is 5.69 Å². The van der Waals surface area contributed by atoms with Gasteiger partial charge in [-0.05, 0) is 50.2 Å². The second kappa shape index (κ2) is 10.0. The molecule has 0 heterocycles. The maximum atomic E-state index is 13.3. The Morgan fingerprint density at radius 2 is 1.59 bits per heavy atom. The number of hydrogen-bond donors (Lipinski definition) is 0. The zero-order valence-corrected chi connectivity index (χ0v) is 17.7. The van der Waals surface area contributed by atoms with Crippen LogP contribution < -0.4 is 18.5 Å². The molecule has 0 aliphatic heterocycles. The molecule has 2 aromatic carbocycles. The van der Waals surface area contributed by atoms with E-state index < -0.39 is 22.5 Å². The van der Waals surface area contributed by atoms with Crippen molar-refractivity contribution < 1.29 is 32.2 Å². The molecule has 8 nitrogen and oxygen atoms in total.